The third kappa shape index (κ3) is 5.72. The van der Waals surface area contributed by atoms with Gasteiger partial charge in [0.25, 0.3) is 5.91 Å². The summed E-state index contributed by atoms with van der Waals surface area (Å²) < 4.78 is 0. The summed E-state index contributed by atoms with van der Waals surface area (Å²) in [4.78, 5) is 37.9. The lowest BCUT2D eigenvalue weighted by Gasteiger charge is -2.31. The summed E-state index contributed by atoms with van der Waals surface area (Å²) in [6.07, 6.45) is 1.54. The highest BCUT2D eigenvalue weighted by Gasteiger charge is 2.27. The molecule has 1 unspecified atom stereocenters. The van der Waals surface area contributed by atoms with Crippen molar-refractivity contribution in [2.75, 3.05) is 31.5 Å². The van der Waals surface area contributed by atoms with Crippen molar-refractivity contribution in [1.29, 1.82) is 0 Å². The number of benzene rings is 1. The first-order valence-electron chi connectivity index (χ1n) is 8.16. The number of hydrogen-bond acceptors (Lipinski definition) is 4. The zero-order valence-electron chi connectivity index (χ0n) is 14.3. The van der Waals surface area contributed by atoms with Crippen molar-refractivity contribution in [1.82, 2.24) is 10.2 Å². The van der Waals surface area contributed by atoms with Crippen LogP contribution < -0.4 is 16.4 Å². The molecule has 1 atom stereocenters. The van der Waals surface area contributed by atoms with Gasteiger partial charge in [0, 0.05) is 33.1 Å². The van der Waals surface area contributed by atoms with E-state index in [1.165, 1.54) is 6.92 Å². The van der Waals surface area contributed by atoms with E-state index >= 15 is 0 Å². The second-order valence-corrected chi connectivity index (χ2v) is 5.88. The Kier molecular flexibility index (Phi) is 8.37. The molecule has 1 aliphatic rings. The van der Waals surface area contributed by atoms with Crippen molar-refractivity contribution >= 4 is 35.8 Å². The summed E-state index contributed by atoms with van der Waals surface area (Å²) in [5.74, 6) is -0.720. The number of amides is 3. The molecular formula is C17H25ClN4O3. The Labute approximate surface area is 153 Å². The highest BCUT2D eigenvalue weighted by Crippen LogP contribution is 2.21. The number of carbonyl (C=O) groups excluding carboxylic acids is 3. The number of carbonyl (C=O) groups is 3. The molecule has 4 N–H and O–H groups in total. The molecule has 0 bridgehead atoms. The minimum atomic E-state index is -0.273. The van der Waals surface area contributed by atoms with Gasteiger partial charge in [-0.05, 0) is 25.0 Å². The standard InChI is InChI=1S/C17H24N4O3.ClH/c1-12(22)21-10-4-5-13(11-21)16(23)20-15-7-3-2-6-14(15)17(24)19-9-8-18;/h2-3,6-7,13H,4-5,8-11,18H2,1H3,(H,19,24)(H,20,23);1H. The quantitative estimate of drug-likeness (QED) is 0.720. The highest BCUT2D eigenvalue weighted by molar-refractivity contribution is 6.04. The Hall–Kier alpha value is -2.12. The summed E-state index contributed by atoms with van der Waals surface area (Å²) in [6.45, 7) is 3.35. The molecular weight excluding hydrogens is 344 g/mol. The molecule has 0 radical (unpaired) electrons. The van der Waals surface area contributed by atoms with Crippen molar-refractivity contribution in [3.05, 3.63) is 29.8 Å². The van der Waals surface area contributed by atoms with Crippen molar-refractivity contribution in [3.63, 3.8) is 0 Å². The van der Waals surface area contributed by atoms with Crippen LogP contribution in [-0.2, 0) is 9.59 Å². The van der Waals surface area contributed by atoms with Gasteiger partial charge in [-0.15, -0.1) is 12.4 Å². The first kappa shape index (κ1) is 20.9. The smallest absolute Gasteiger partial charge is 0.253 e. The number of nitrogens with one attached hydrogen (secondary N) is 2. The molecule has 25 heavy (non-hydrogen) atoms. The molecule has 1 saturated heterocycles. The SMILES string of the molecule is CC(=O)N1CCCC(C(=O)Nc2ccccc2C(=O)NCCN)C1.Cl. The normalized spacial score (nSPS) is 16.6. The molecule has 1 heterocycles. The summed E-state index contributed by atoms with van der Waals surface area (Å²) >= 11 is 0. The molecule has 1 fully saturated rings. The zero-order chi connectivity index (χ0) is 17.5. The molecule has 0 spiro atoms. The van der Waals surface area contributed by atoms with Gasteiger partial charge in [0.05, 0.1) is 17.2 Å². The monoisotopic (exact) mass is 368 g/mol. The number of likely N-dealkylation sites (tertiary alicyclic amines) is 1. The van der Waals surface area contributed by atoms with E-state index in [9.17, 15) is 14.4 Å². The molecule has 8 heteroatoms. The van der Waals surface area contributed by atoms with Crippen molar-refractivity contribution in [3.8, 4) is 0 Å². The molecule has 3 amide bonds. The summed E-state index contributed by atoms with van der Waals surface area (Å²) in [6, 6.07) is 6.86. The Morgan fingerprint density at radius 2 is 2.00 bits per heavy atom. The largest absolute Gasteiger partial charge is 0.351 e. The fraction of sp³-hybridized carbons (Fsp3) is 0.471. The molecule has 138 valence electrons. The van der Waals surface area contributed by atoms with Crippen LogP contribution in [0.1, 0.15) is 30.1 Å². The predicted octanol–water partition coefficient (Wildman–Crippen LogP) is 0.994. The summed E-state index contributed by atoms with van der Waals surface area (Å²) in [7, 11) is 0. The van der Waals surface area contributed by atoms with E-state index in [2.05, 4.69) is 10.6 Å². The molecule has 0 aliphatic carbocycles. The van der Waals surface area contributed by atoms with Crippen molar-refractivity contribution in [2.45, 2.75) is 19.8 Å². The van der Waals surface area contributed by atoms with E-state index in [-0.39, 0.29) is 36.0 Å². The van der Waals surface area contributed by atoms with Crippen LogP contribution in [0, 0.1) is 5.92 Å². The maximum Gasteiger partial charge on any atom is 0.253 e. The fourth-order valence-corrected chi connectivity index (χ4v) is 2.78. The predicted molar refractivity (Wildman–Crippen MR) is 98.7 cm³/mol. The van der Waals surface area contributed by atoms with Gasteiger partial charge in [-0.3, -0.25) is 14.4 Å². The summed E-state index contributed by atoms with van der Waals surface area (Å²) in [5, 5.41) is 5.52. The van der Waals surface area contributed by atoms with E-state index in [4.69, 9.17) is 5.73 Å². The minimum Gasteiger partial charge on any atom is -0.351 e. The summed E-state index contributed by atoms with van der Waals surface area (Å²) in [5.41, 5.74) is 6.26. The third-order valence-electron chi connectivity index (χ3n) is 4.10. The van der Waals surface area contributed by atoms with Crippen LogP contribution in [0.4, 0.5) is 5.69 Å². The van der Waals surface area contributed by atoms with Gasteiger partial charge in [-0.2, -0.15) is 0 Å². The van der Waals surface area contributed by atoms with Crippen LogP contribution in [0.15, 0.2) is 24.3 Å². The third-order valence-corrected chi connectivity index (χ3v) is 4.10. The van der Waals surface area contributed by atoms with Crippen LogP contribution in [-0.4, -0.2) is 48.8 Å². The Bertz CT molecular complexity index is 624. The molecule has 1 aliphatic heterocycles. The number of anilines is 1. The number of rotatable bonds is 5. The number of piperidine rings is 1. The van der Waals surface area contributed by atoms with Gasteiger partial charge in [-0.25, -0.2) is 0 Å². The maximum absolute atomic E-state index is 12.5. The second-order valence-electron chi connectivity index (χ2n) is 5.88. The number of para-hydroxylation sites is 1. The number of nitrogens with zero attached hydrogens (tertiary/aromatic N) is 1. The lowest BCUT2D eigenvalue weighted by atomic mass is 9.96. The highest BCUT2D eigenvalue weighted by atomic mass is 35.5. The molecule has 0 aromatic heterocycles. The van der Waals surface area contributed by atoms with Crippen LogP contribution in [0.3, 0.4) is 0 Å². The minimum absolute atomic E-state index is 0. The van der Waals surface area contributed by atoms with E-state index in [0.29, 0.717) is 37.4 Å². The van der Waals surface area contributed by atoms with Gasteiger partial charge >= 0.3 is 0 Å². The topological polar surface area (TPSA) is 105 Å². The second kappa shape index (κ2) is 10.0. The van der Waals surface area contributed by atoms with Gasteiger partial charge in [0.2, 0.25) is 11.8 Å². The van der Waals surface area contributed by atoms with E-state index in [0.717, 1.165) is 12.8 Å². The zero-order valence-corrected chi connectivity index (χ0v) is 15.1. The van der Waals surface area contributed by atoms with Crippen molar-refractivity contribution in [2.24, 2.45) is 11.7 Å². The maximum atomic E-state index is 12.5. The van der Waals surface area contributed by atoms with Gasteiger partial charge in [-0.1, -0.05) is 12.1 Å². The fourth-order valence-electron chi connectivity index (χ4n) is 2.78. The first-order valence-corrected chi connectivity index (χ1v) is 8.16. The number of nitrogens with two attached hydrogens (primary N) is 1. The Morgan fingerprint density at radius 3 is 2.68 bits per heavy atom. The van der Waals surface area contributed by atoms with Gasteiger partial charge in [0.15, 0.2) is 0 Å². The number of hydrogen-bond donors (Lipinski definition) is 3. The van der Waals surface area contributed by atoms with Crippen LogP contribution in [0.25, 0.3) is 0 Å². The van der Waals surface area contributed by atoms with E-state index in [1.54, 1.807) is 29.2 Å². The number of halogens is 1. The van der Waals surface area contributed by atoms with E-state index < -0.39 is 0 Å². The van der Waals surface area contributed by atoms with Gasteiger partial charge < -0.3 is 21.3 Å². The van der Waals surface area contributed by atoms with Crippen LogP contribution in [0.2, 0.25) is 0 Å². The Morgan fingerprint density at radius 1 is 1.28 bits per heavy atom. The first-order chi connectivity index (χ1) is 11.5. The Balaban J connectivity index is 0.00000312. The average Bonchev–Trinajstić information content (AvgIpc) is 2.60. The van der Waals surface area contributed by atoms with E-state index in [1.807, 2.05) is 0 Å². The average molecular weight is 369 g/mol. The lowest BCUT2D eigenvalue weighted by molar-refractivity contribution is -0.132. The molecule has 7 nitrogen and oxygen atoms in total. The lowest BCUT2D eigenvalue weighted by Crippen LogP contribution is -2.43. The van der Waals surface area contributed by atoms with Crippen LogP contribution in [0.5, 0.6) is 0 Å². The molecule has 2 rings (SSSR count). The molecule has 1 aromatic carbocycles. The molecule has 1 aromatic rings. The van der Waals surface area contributed by atoms with Crippen LogP contribution >= 0.6 is 12.4 Å². The van der Waals surface area contributed by atoms with Gasteiger partial charge in [0.1, 0.15) is 0 Å². The molecule has 0 saturated carbocycles. The van der Waals surface area contributed by atoms with Crippen molar-refractivity contribution < 1.29 is 14.4 Å².